The van der Waals surface area contributed by atoms with E-state index in [-0.39, 0.29) is 0 Å². The molecule has 0 N–H and O–H groups in total. The van der Waals surface area contributed by atoms with E-state index in [1.165, 1.54) is 64.2 Å². The maximum Gasteiger partial charge on any atom is 0.0827 e. The highest BCUT2D eigenvalue weighted by molar-refractivity contribution is 4.85. The van der Waals surface area contributed by atoms with Gasteiger partial charge in [-0.05, 0) is 68.6 Å². The van der Waals surface area contributed by atoms with Gasteiger partial charge in [-0.1, -0.05) is 38.7 Å². The summed E-state index contributed by atoms with van der Waals surface area (Å²) in [5, 5.41) is 0. The summed E-state index contributed by atoms with van der Waals surface area (Å²) in [5.74, 6) is 3.81. The maximum absolute atomic E-state index is 12.0. The summed E-state index contributed by atoms with van der Waals surface area (Å²) < 4.78 is 12.0. The van der Waals surface area contributed by atoms with E-state index in [0.29, 0.717) is 0 Å². The Hall–Kier alpha value is -0.330. The molecule has 0 atom stereocenters. The summed E-state index contributed by atoms with van der Waals surface area (Å²) >= 11 is 0. The summed E-state index contributed by atoms with van der Waals surface area (Å²) in [4.78, 5) is 0. The van der Waals surface area contributed by atoms with Gasteiger partial charge < -0.3 is 0 Å². The van der Waals surface area contributed by atoms with E-state index in [1.807, 2.05) is 0 Å². The average Bonchev–Trinajstić information content (AvgIpc) is 2.47. The predicted molar refractivity (Wildman–Crippen MR) is 80.7 cm³/mol. The van der Waals surface area contributed by atoms with Gasteiger partial charge in [-0.15, -0.1) is 0 Å². The lowest BCUT2D eigenvalue weighted by Crippen LogP contribution is -2.25. The smallest absolute Gasteiger partial charge is 0.0827 e. The topological polar surface area (TPSA) is 0 Å². The van der Waals surface area contributed by atoms with Crippen molar-refractivity contribution in [3.63, 3.8) is 0 Å². The van der Waals surface area contributed by atoms with Crippen LogP contribution in [-0.4, -0.2) is 0 Å². The molecule has 0 nitrogen and oxygen atoms in total. The molecule has 1 heteroatoms. The molecule has 2 rings (SSSR count). The summed E-state index contributed by atoms with van der Waals surface area (Å²) in [6, 6.07) is 0. The third-order valence-corrected chi connectivity index (χ3v) is 5.70. The second-order valence-corrected chi connectivity index (χ2v) is 6.95. The van der Waals surface area contributed by atoms with Crippen LogP contribution in [0.1, 0.15) is 77.6 Å². The van der Waals surface area contributed by atoms with Crippen LogP contribution >= 0.6 is 0 Å². The van der Waals surface area contributed by atoms with Crippen LogP contribution in [0.4, 0.5) is 4.39 Å². The zero-order valence-electron chi connectivity index (χ0n) is 12.6. The third-order valence-electron chi connectivity index (χ3n) is 5.70. The first-order chi connectivity index (χ1) is 9.33. The van der Waals surface area contributed by atoms with Gasteiger partial charge >= 0.3 is 0 Å². The Kier molecular flexibility index (Phi) is 6.40. The number of hydrogen-bond donors (Lipinski definition) is 0. The van der Waals surface area contributed by atoms with Crippen LogP contribution < -0.4 is 0 Å². The van der Waals surface area contributed by atoms with Crippen molar-refractivity contribution in [3.8, 4) is 0 Å². The molecule has 0 unspecified atom stereocenters. The van der Waals surface area contributed by atoms with Crippen molar-refractivity contribution >= 4 is 0 Å². The maximum atomic E-state index is 12.0. The first-order valence-corrected chi connectivity index (χ1v) is 8.58. The van der Waals surface area contributed by atoms with E-state index >= 15 is 0 Å². The Morgan fingerprint density at radius 2 is 1.37 bits per heavy atom. The highest BCUT2D eigenvalue weighted by Crippen LogP contribution is 2.42. The molecule has 0 spiro atoms. The highest BCUT2D eigenvalue weighted by Gasteiger charge is 2.30. The fourth-order valence-corrected chi connectivity index (χ4v) is 4.50. The van der Waals surface area contributed by atoms with Gasteiger partial charge in [0.05, 0.1) is 6.33 Å². The van der Waals surface area contributed by atoms with Crippen LogP contribution in [0.5, 0.6) is 0 Å². The van der Waals surface area contributed by atoms with Gasteiger partial charge in [0.1, 0.15) is 0 Å². The van der Waals surface area contributed by atoms with Gasteiger partial charge in [-0.25, -0.2) is 4.39 Å². The third kappa shape index (κ3) is 4.61. The van der Waals surface area contributed by atoms with Crippen molar-refractivity contribution in [1.82, 2.24) is 0 Å². The van der Waals surface area contributed by atoms with E-state index in [9.17, 15) is 4.39 Å². The van der Waals surface area contributed by atoms with Crippen LogP contribution in [-0.2, 0) is 0 Å². The van der Waals surface area contributed by atoms with E-state index in [1.54, 1.807) is 6.08 Å². The minimum absolute atomic E-state index is 0.723. The van der Waals surface area contributed by atoms with Crippen molar-refractivity contribution in [1.29, 1.82) is 0 Å². The molecule has 2 fully saturated rings. The Balaban J connectivity index is 1.68. The van der Waals surface area contributed by atoms with Crippen LogP contribution in [0.15, 0.2) is 12.4 Å². The van der Waals surface area contributed by atoms with Crippen LogP contribution in [0, 0.1) is 23.7 Å². The normalized spacial score (nSPS) is 36.7. The number of hydrogen-bond acceptors (Lipinski definition) is 0. The van der Waals surface area contributed by atoms with E-state index in [2.05, 4.69) is 6.92 Å². The minimum Gasteiger partial charge on any atom is -0.216 e. The first kappa shape index (κ1) is 15.1. The average molecular weight is 266 g/mol. The summed E-state index contributed by atoms with van der Waals surface area (Å²) in [7, 11) is 0. The summed E-state index contributed by atoms with van der Waals surface area (Å²) in [6.45, 7) is 2.32. The minimum atomic E-state index is 0.723. The molecule has 0 aromatic carbocycles. The molecule has 110 valence electrons. The van der Waals surface area contributed by atoms with Crippen LogP contribution in [0.25, 0.3) is 0 Å². The molecule has 0 aromatic rings. The Bertz CT molecular complexity index is 255. The van der Waals surface area contributed by atoms with Gasteiger partial charge in [0, 0.05) is 0 Å². The Labute approximate surface area is 118 Å². The Morgan fingerprint density at radius 1 is 0.842 bits per heavy atom. The molecule has 0 amide bonds. The van der Waals surface area contributed by atoms with Crippen molar-refractivity contribution in [2.45, 2.75) is 77.6 Å². The van der Waals surface area contributed by atoms with Crippen molar-refractivity contribution < 1.29 is 4.39 Å². The molecule has 2 aliphatic carbocycles. The molecule has 2 aliphatic rings. The molecule has 0 saturated heterocycles. The molecule has 19 heavy (non-hydrogen) atoms. The fraction of sp³-hybridized carbons (Fsp3) is 0.889. The van der Waals surface area contributed by atoms with Crippen LogP contribution in [0.3, 0.4) is 0 Å². The zero-order chi connectivity index (χ0) is 13.5. The molecule has 2 saturated carbocycles. The highest BCUT2D eigenvalue weighted by atomic mass is 19.1. The first-order valence-electron chi connectivity index (χ1n) is 8.58. The Morgan fingerprint density at radius 3 is 1.84 bits per heavy atom. The monoisotopic (exact) mass is 266 g/mol. The lowest BCUT2D eigenvalue weighted by Gasteiger charge is -2.37. The second-order valence-electron chi connectivity index (χ2n) is 6.95. The molecule has 0 heterocycles. The molecular formula is C18H31F. The van der Waals surface area contributed by atoms with E-state index in [0.717, 1.165) is 36.4 Å². The summed E-state index contributed by atoms with van der Waals surface area (Å²) in [5.41, 5.74) is 0. The zero-order valence-corrected chi connectivity index (χ0v) is 12.6. The second kappa shape index (κ2) is 8.07. The van der Waals surface area contributed by atoms with Crippen LogP contribution in [0.2, 0.25) is 0 Å². The molecular weight excluding hydrogens is 235 g/mol. The van der Waals surface area contributed by atoms with E-state index in [4.69, 9.17) is 0 Å². The predicted octanol–water partition coefficient (Wildman–Crippen LogP) is 6.27. The van der Waals surface area contributed by atoms with Gasteiger partial charge in [-0.3, -0.25) is 0 Å². The van der Waals surface area contributed by atoms with Gasteiger partial charge in [-0.2, -0.15) is 0 Å². The fourth-order valence-electron chi connectivity index (χ4n) is 4.50. The number of halogens is 1. The lowest BCUT2D eigenvalue weighted by molar-refractivity contribution is 0.144. The molecule has 0 bridgehead atoms. The number of rotatable bonds is 5. The molecule has 0 radical (unpaired) electrons. The van der Waals surface area contributed by atoms with E-state index < -0.39 is 0 Å². The quantitative estimate of drug-likeness (QED) is 0.550. The van der Waals surface area contributed by atoms with Crippen molar-refractivity contribution in [2.75, 3.05) is 0 Å². The van der Waals surface area contributed by atoms with Crippen molar-refractivity contribution in [3.05, 3.63) is 12.4 Å². The van der Waals surface area contributed by atoms with Crippen molar-refractivity contribution in [2.24, 2.45) is 23.7 Å². The largest absolute Gasteiger partial charge is 0.216 e. The molecule has 0 aliphatic heterocycles. The number of allylic oxidation sites excluding steroid dienone is 1. The molecule has 0 aromatic heterocycles. The SMILES string of the molecule is CCCC1CCC(C2CCC(C/C=C/F)CC2)CC1. The lowest BCUT2D eigenvalue weighted by atomic mass is 9.68. The standard InChI is InChI=1S/C18H31F/c1-2-4-15-6-10-17(11-7-15)18-12-8-16(9-13-18)5-3-14-19/h3,14-18H,2,4-13H2,1H3/b14-3+. The van der Waals surface area contributed by atoms with Gasteiger partial charge in [0.15, 0.2) is 0 Å². The summed E-state index contributed by atoms with van der Waals surface area (Å²) in [6.07, 6.45) is 17.7. The van der Waals surface area contributed by atoms with Gasteiger partial charge in [0.2, 0.25) is 0 Å². The van der Waals surface area contributed by atoms with Gasteiger partial charge in [0.25, 0.3) is 0 Å².